The molecule has 2 heterocycles. The summed E-state index contributed by atoms with van der Waals surface area (Å²) in [5, 5.41) is 0. The molecule has 4 aromatic rings. The van der Waals surface area contributed by atoms with Gasteiger partial charge in [-0.25, -0.2) is 9.97 Å². The van der Waals surface area contributed by atoms with E-state index in [1.807, 2.05) is 24.3 Å². The molecule has 0 N–H and O–H groups in total. The zero-order valence-corrected chi connectivity index (χ0v) is 18.1. The van der Waals surface area contributed by atoms with Crippen molar-refractivity contribution >= 4 is 11.0 Å². The molecule has 0 spiro atoms. The molecule has 0 aliphatic carbocycles. The van der Waals surface area contributed by atoms with Gasteiger partial charge in [0.2, 0.25) is 5.69 Å². The number of aryl methyl sites for hydroxylation is 2. The fourth-order valence-corrected chi connectivity index (χ4v) is 3.77. The van der Waals surface area contributed by atoms with Gasteiger partial charge in [-0.2, -0.15) is 4.57 Å². The maximum atomic E-state index is 5.01. The molecule has 146 valence electrons. The summed E-state index contributed by atoms with van der Waals surface area (Å²) in [6.07, 6.45) is 2.13. The Bertz CT molecular complexity index is 1220. The molecule has 3 heteroatoms. The molecule has 4 rings (SSSR count). The monoisotopic (exact) mass is 382 g/mol. The molecule has 0 unspecified atom stereocenters. The second kappa shape index (κ2) is 7.07. The largest absolute Gasteiger partial charge is 0.249 e. The van der Waals surface area contributed by atoms with Crippen LogP contribution < -0.4 is 4.57 Å². The van der Waals surface area contributed by atoms with Crippen molar-refractivity contribution in [2.45, 2.75) is 47.0 Å². The van der Waals surface area contributed by atoms with Crippen LogP contribution in [-0.4, -0.2) is 9.97 Å². The average molecular weight is 383 g/mol. The van der Waals surface area contributed by atoms with Crippen LogP contribution in [0.1, 0.15) is 43.3 Å². The topological polar surface area (TPSA) is 29.7 Å². The minimum atomic E-state index is 0.0264. The van der Waals surface area contributed by atoms with Gasteiger partial charge in [-0.3, -0.25) is 0 Å². The van der Waals surface area contributed by atoms with Gasteiger partial charge in [-0.05, 0) is 43.0 Å². The van der Waals surface area contributed by atoms with Gasteiger partial charge in [-0.1, -0.05) is 39.0 Å². The lowest BCUT2D eigenvalue weighted by Gasteiger charge is -2.22. The molecular formula is C26H28N3+. The number of para-hydroxylation sites is 2. The summed E-state index contributed by atoms with van der Waals surface area (Å²) in [5.41, 5.74) is 9.86. The molecule has 0 saturated carbocycles. The molecule has 0 bridgehead atoms. The van der Waals surface area contributed by atoms with Crippen molar-refractivity contribution in [3.63, 3.8) is 0 Å². The molecule has 2 aromatic carbocycles. The number of nitrogens with zero attached hydrogens (tertiary/aromatic N) is 3. The van der Waals surface area contributed by atoms with E-state index in [-0.39, 0.29) is 5.41 Å². The summed E-state index contributed by atoms with van der Waals surface area (Å²) in [5.74, 6) is 0. The van der Waals surface area contributed by atoms with E-state index in [0.717, 1.165) is 28.0 Å². The second-order valence-electron chi connectivity index (χ2n) is 8.78. The number of rotatable bonds is 2. The maximum Gasteiger partial charge on any atom is 0.214 e. The van der Waals surface area contributed by atoms with Crippen molar-refractivity contribution in [3.05, 3.63) is 83.3 Å². The Balaban J connectivity index is 2.05. The van der Waals surface area contributed by atoms with Crippen LogP contribution in [0.2, 0.25) is 0 Å². The molecule has 0 fully saturated rings. The Morgan fingerprint density at radius 2 is 1.45 bits per heavy atom. The number of fused-ring (bicyclic) bond motifs is 1. The van der Waals surface area contributed by atoms with E-state index in [1.54, 1.807) is 0 Å². The van der Waals surface area contributed by atoms with E-state index in [1.165, 1.54) is 22.5 Å². The zero-order chi connectivity index (χ0) is 20.8. The van der Waals surface area contributed by atoms with E-state index in [9.17, 15) is 0 Å². The summed E-state index contributed by atoms with van der Waals surface area (Å²) >= 11 is 0. The van der Waals surface area contributed by atoms with Gasteiger partial charge in [0.1, 0.15) is 0 Å². The first-order valence-corrected chi connectivity index (χ1v) is 10.1. The molecule has 0 amide bonds. The normalized spacial score (nSPS) is 11.8. The Kier molecular flexibility index (Phi) is 4.70. The van der Waals surface area contributed by atoms with Gasteiger partial charge in [0, 0.05) is 36.2 Å². The molecule has 2 aromatic heterocycles. The minimum absolute atomic E-state index is 0.0264. The van der Waals surface area contributed by atoms with E-state index < -0.39 is 0 Å². The van der Waals surface area contributed by atoms with Crippen LogP contribution in [0, 0.1) is 20.8 Å². The first kappa shape index (κ1) is 19.3. The van der Waals surface area contributed by atoms with Crippen molar-refractivity contribution < 1.29 is 4.57 Å². The fraction of sp³-hybridized carbons (Fsp3) is 0.269. The Morgan fingerprint density at radius 3 is 2.10 bits per heavy atom. The van der Waals surface area contributed by atoms with Crippen LogP contribution in [0.25, 0.3) is 28.0 Å². The number of hydrogen-bond acceptors (Lipinski definition) is 2. The molecule has 0 atom stereocenters. The summed E-state index contributed by atoms with van der Waals surface area (Å²) in [7, 11) is 0. The van der Waals surface area contributed by atoms with E-state index in [4.69, 9.17) is 9.97 Å². The van der Waals surface area contributed by atoms with Gasteiger partial charge in [-0.15, -0.1) is 0 Å². The molecule has 0 radical (unpaired) electrons. The predicted octanol–water partition coefficient (Wildman–Crippen LogP) is 5.80. The van der Waals surface area contributed by atoms with Crippen LogP contribution >= 0.6 is 0 Å². The second-order valence-corrected chi connectivity index (χ2v) is 8.78. The molecule has 0 aliphatic rings. The summed E-state index contributed by atoms with van der Waals surface area (Å²) in [6.45, 7) is 13.2. The lowest BCUT2D eigenvalue weighted by atomic mass is 9.84. The number of pyridine rings is 1. The van der Waals surface area contributed by atoms with E-state index in [0.29, 0.717) is 0 Å². The summed E-state index contributed by atoms with van der Waals surface area (Å²) < 4.78 is 2.26. The van der Waals surface area contributed by atoms with Crippen molar-refractivity contribution in [3.8, 4) is 16.9 Å². The van der Waals surface area contributed by atoms with Gasteiger partial charge in [0.15, 0.2) is 11.9 Å². The van der Waals surface area contributed by atoms with Crippen molar-refractivity contribution in [1.82, 2.24) is 9.97 Å². The highest BCUT2D eigenvalue weighted by Gasteiger charge is 2.24. The highest BCUT2D eigenvalue weighted by molar-refractivity contribution is 5.80. The summed E-state index contributed by atoms with van der Waals surface area (Å²) in [4.78, 5) is 9.85. The third kappa shape index (κ3) is 3.53. The van der Waals surface area contributed by atoms with E-state index >= 15 is 0 Å². The number of benzene rings is 2. The van der Waals surface area contributed by atoms with Crippen LogP contribution in [0.5, 0.6) is 0 Å². The van der Waals surface area contributed by atoms with Crippen molar-refractivity contribution in [2.75, 3.05) is 0 Å². The zero-order valence-electron chi connectivity index (χ0n) is 18.1. The van der Waals surface area contributed by atoms with Crippen LogP contribution in [0.15, 0.2) is 60.8 Å². The average Bonchev–Trinajstić information content (AvgIpc) is 2.67. The number of aromatic nitrogens is 3. The molecular weight excluding hydrogens is 354 g/mol. The van der Waals surface area contributed by atoms with Gasteiger partial charge >= 0.3 is 0 Å². The summed E-state index contributed by atoms with van der Waals surface area (Å²) in [6, 6.07) is 19.0. The SMILES string of the molecule is Cc1nc2ccccc2nc1-c1cc(C(C)(C)C)cc(-[n+]2ccccc2C)c1C. The van der Waals surface area contributed by atoms with Crippen LogP contribution in [0.4, 0.5) is 0 Å². The van der Waals surface area contributed by atoms with Crippen LogP contribution in [-0.2, 0) is 5.41 Å². The van der Waals surface area contributed by atoms with Gasteiger partial charge < -0.3 is 0 Å². The first-order chi connectivity index (χ1) is 13.8. The Morgan fingerprint density at radius 1 is 0.793 bits per heavy atom. The standard InChI is InChI=1S/C26H28N3/c1-17-11-9-10-14-29(17)24-16-20(26(4,5)6)15-21(18(24)2)25-19(3)27-22-12-7-8-13-23(22)28-25/h7-16H,1-6H3/q+1. The highest BCUT2D eigenvalue weighted by atomic mass is 15.0. The third-order valence-corrected chi connectivity index (χ3v) is 5.57. The van der Waals surface area contributed by atoms with Gasteiger partial charge in [0.05, 0.1) is 22.4 Å². The lowest BCUT2D eigenvalue weighted by molar-refractivity contribution is -0.603. The molecule has 3 nitrogen and oxygen atoms in total. The Hall–Kier alpha value is -3.07. The molecule has 29 heavy (non-hydrogen) atoms. The quantitative estimate of drug-likeness (QED) is 0.410. The smallest absolute Gasteiger partial charge is 0.214 e. The molecule has 0 saturated heterocycles. The molecule has 0 aliphatic heterocycles. The lowest BCUT2D eigenvalue weighted by Crippen LogP contribution is -2.35. The van der Waals surface area contributed by atoms with Crippen molar-refractivity contribution in [2.24, 2.45) is 0 Å². The van der Waals surface area contributed by atoms with Crippen molar-refractivity contribution in [1.29, 1.82) is 0 Å². The fourth-order valence-electron chi connectivity index (χ4n) is 3.77. The van der Waals surface area contributed by atoms with Crippen LogP contribution in [0.3, 0.4) is 0 Å². The van der Waals surface area contributed by atoms with Gasteiger partial charge in [0.25, 0.3) is 0 Å². The Labute approximate surface area is 173 Å². The third-order valence-electron chi connectivity index (χ3n) is 5.57. The first-order valence-electron chi connectivity index (χ1n) is 10.1. The number of hydrogen-bond donors (Lipinski definition) is 0. The minimum Gasteiger partial charge on any atom is -0.249 e. The van der Waals surface area contributed by atoms with E-state index in [2.05, 4.69) is 82.6 Å². The maximum absolute atomic E-state index is 5.01. The predicted molar refractivity (Wildman–Crippen MR) is 119 cm³/mol. The highest BCUT2D eigenvalue weighted by Crippen LogP contribution is 2.34.